The lowest BCUT2D eigenvalue weighted by molar-refractivity contribution is 0.396. The van der Waals surface area contributed by atoms with Crippen LogP contribution >= 0.6 is 11.3 Å². The van der Waals surface area contributed by atoms with Gasteiger partial charge in [0.05, 0.1) is 5.69 Å². The van der Waals surface area contributed by atoms with Crippen LogP contribution in [0, 0.1) is 5.92 Å². The molecule has 2 atom stereocenters. The van der Waals surface area contributed by atoms with Gasteiger partial charge in [0.1, 0.15) is 0 Å². The molecule has 2 unspecified atom stereocenters. The summed E-state index contributed by atoms with van der Waals surface area (Å²) < 4.78 is 0. The predicted molar refractivity (Wildman–Crippen MR) is 78.5 cm³/mol. The number of hydrogen-bond donors (Lipinski definition) is 1. The minimum absolute atomic E-state index is 0.334. The highest BCUT2D eigenvalue weighted by Crippen LogP contribution is 2.25. The van der Waals surface area contributed by atoms with E-state index in [0.29, 0.717) is 6.04 Å². The number of rotatable bonds is 5. The van der Waals surface area contributed by atoms with Crippen molar-refractivity contribution < 1.29 is 0 Å². The zero-order valence-electron chi connectivity index (χ0n) is 11.8. The lowest BCUT2D eigenvalue weighted by Crippen LogP contribution is -2.27. The van der Waals surface area contributed by atoms with Crippen LogP contribution in [-0.2, 0) is 0 Å². The number of anilines is 1. The molecule has 0 aromatic carbocycles. The third-order valence-corrected chi connectivity index (χ3v) is 4.71. The number of aromatic nitrogens is 1. The van der Waals surface area contributed by atoms with Crippen LogP contribution in [0.1, 0.15) is 25.1 Å². The summed E-state index contributed by atoms with van der Waals surface area (Å²) in [7, 11) is 6.34. The summed E-state index contributed by atoms with van der Waals surface area (Å²) in [5, 5.41) is 6.53. The minimum atomic E-state index is 0.334. The highest BCUT2D eigenvalue weighted by atomic mass is 32.1. The Hall–Kier alpha value is -0.650. The van der Waals surface area contributed by atoms with Gasteiger partial charge in [-0.15, -0.1) is 11.3 Å². The molecule has 2 heterocycles. The first-order valence-corrected chi connectivity index (χ1v) is 7.50. The number of nitrogens with one attached hydrogen (secondary N) is 1. The highest BCUT2D eigenvalue weighted by Gasteiger charge is 2.22. The molecule has 0 amide bonds. The SMILES string of the molecule is CNC(C)c1csc(N(C)CC2CCN(C)C2)n1. The van der Waals surface area contributed by atoms with Gasteiger partial charge in [-0.3, -0.25) is 0 Å². The van der Waals surface area contributed by atoms with Crippen molar-refractivity contribution in [3.05, 3.63) is 11.1 Å². The Bertz CT molecular complexity index is 379. The van der Waals surface area contributed by atoms with Crippen LogP contribution in [0.5, 0.6) is 0 Å². The zero-order chi connectivity index (χ0) is 13.1. The second-order valence-corrected chi connectivity index (χ2v) is 6.20. The minimum Gasteiger partial charge on any atom is -0.351 e. The molecule has 0 bridgehead atoms. The molecule has 102 valence electrons. The topological polar surface area (TPSA) is 31.4 Å². The Morgan fingerprint density at radius 3 is 3.06 bits per heavy atom. The van der Waals surface area contributed by atoms with E-state index in [1.165, 1.54) is 19.5 Å². The predicted octanol–water partition coefficient (Wildman–Crippen LogP) is 1.81. The van der Waals surface area contributed by atoms with E-state index in [9.17, 15) is 0 Å². The molecule has 1 N–H and O–H groups in total. The molecule has 18 heavy (non-hydrogen) atoms. The highest BCUT2D eigenvalue weighted by molar-refractivity contribution is 7.13. The van der Waals surface area contributed by atoms with Gasteiger partial charge in [0.2, 0.25) is 0 Å². The molecule has 0 aliphatic carbocycles. The van der Waals surface area contributed by atoms with Crippen LogP contribution in [-0.4, -0.2) is 50.7 Å². The summed E-state index contributed by atoms with van der Waals surface area (Å²) in [6.45, 7) is 5.71. The molecule has 1 saturated heterocycles. The molecule has 1 aliphatic heterocycles. The number of hydrogen-bond acceptors (Lipinski definition) is 5. The van der Waals surface area contributed by atoms with Gasteiger partial charge in [0, 0.05) is 31.6 Å². The Balaban J connectivity index is 1.92. The van der Waals surface area contributed by atoms with Gasteiger partial charge in [-0.1, -0.05) is 0 Å². The Morgan fingerprint density at radius 2 is 2.44 bits per heavy atom. The molecule has 1 aliphatic rings. The first kappa shape index (κ1) is 13.8. The van der Waals surface area contributed by atoms with E-state index in [1.807, 2.05) is 7.05 Å². The Morgan fingerprint density at radius 1 is 1.67 bits per heavy atom. The van der Waals surface area contributed by atoms with Gasteiger partial charge >= 0.3 is 0 Å². The molecule has 1 aromatic rings. The second-order valence-electron chi connectivity index (χ2n) is 5.36. The average Bonchev–Trinajstić information content (AvgIpc) is 2.97. The van der Waals surface area contributed by atoms with Crippen LogP contribution in [0.25, 0.3) is 0 Å². The normalized spacial score (nSPS) is 22.3. The molecule has 4 nitrogen and oxygen atoms in total. The van der Waals surface area contributed by atoms with Crippen molar-refractivity contribution in [3.8, 4) is 0 Å². The van der Waals surface area contributed by atoms with E-state index in [1.54, 1.807) is 11.3 Å². The number of thiazole rings is 1. The van der Waals surface area contributed by atoms with Gasteiger partial charge < -0.3 is 15.1 Å². The summed E-state index contributed by atoms with van der Waals surface area (Å²) in [5.74, 6) is 0.786. The van der Waals surface area contributed by atoms with Gasteiger partial charge in [0.25, 0.3) is 0 Å². The van der Waals surface area contributed by atoms with Crippen LogP contribution in [0.3, 0.4) is 0 Å². The van der Waals surface area contributed by atoms with E-state index < -0.39 is 0 Å². The van der Waals surface area contributed by atoms with E-state index in [-0.39, 0.29) is 0 Å². The summed E-state index contributed by atoms with van der Waals surface area (Å²) in [6.07, 6.45) is 1.31. The Kier molecular flexibility index (Phi) is 4.59. The summed E-state index contributed by atoms with van der Waals surface area (Å²) in [6, 6.07) is 0.334. The van der Waals surface area contributed by atoms with E-state index in [4.69, 9.17) is 4.98 Å². The Labute approximate surface area is 114 Å². The fraction of sp³-hybridized carbons (Fsp3) is 0.769. The molecule has 2 rings (SSSR count). The van der Waals surface area contributed by atoms with Crippen molar-refractivity contribution in [2.75, 3.05) is 45.7 Å². The molecule has 1 aromatic heterocycles. The first-order chi connectivity index (χ1) is 8.60. The van der Waals surface area contributed by atoms with E-state index in [0.717, 1.165) is 23.3 Å². The smallest absolute Gasteiger partial charge is 0.185 e. The van der Waals surface area contributed by atoms with Crippen molar-refractivity contribution in [1.82, 2.24) is 15.2 Å². The van der Waals surface area contributed by atoms with Crippen LogP contribution < -0.4 is 10.2 Å². The van der Waals surface area contributed by atoms with Crippen molar-refractivity contribution in [2.45, 2.75) is 19.4 Å². The van der Waals surface area contributed by atoms with Gasteiger partial charge in [0.15, 0.2) is 5.13 Å². The molecular weight excluding hydrogens is 244 g/mol. The number of nitrogens with zero attached hydrogens (tertiary/aromatic N) is 3. The number of likely N-dealkylation sites (tertiary alicyclic amines) is 1. The average molecular weight is 268 g/mol. The molecule has 0 saturated carbocycles. The van der Waals surface area contributed by atoms with Gasteiger partial charge in [-0.2, -0.15) is 0 Å². The van der Waals surface area contributed by atoms with Gasteiger partial charge in [-0.05, 0) is 39.9 Å². The quantitative estimate of drug-likeness (QED) is 0.882. The largest absolute Gasteiger partial charge is 0.351 e. The summed E-state index contributed by atoms with van der Waals surface area (Å²) >= 11 is 1.75. The fourth-order valence-electron chi connectivity index (χ4n) is 2.44. The van der Waals surface area contributed by atoms with Crippen molar-refractivity contribution in [3.63, 3.8) is 0 Å². The van der Waals surface area contributed by atoms with Crippen LogP contribution in [0.15, 0.2) is 5.38 Å². The lowest BCUT2D eigenvalue weighted by Gasteiger charge is -2.20. The molecule has 5 heteroatoms. The molecular formula is C13H24N4S. The monoisotopic (exact) mass is 268 g/mol. The maximum absolute atomic E-state index is 4.71. The summed E-state index contributed by atoms with van der Waals surface area (Å²) in [4.78, 5) is 9.43. The maximum Gasteiger partial charge on any atom is 0.185 e. The van der Waals surface area contributed by atoms with Crippen molar-refractivity contribution >= 4 is 16.5 Å². The van der Waals surface area contributed by atoms with Crippen molar-refractivity contribution in [2.24, 2.45) is 5.92 Å². The molecule has 0 radical (unpaired) electrons. The van der Waals surface area contributed by atoms with Crippen LogP contribution in [0.2, 0.25) is 0 Å². The maximum atomic E-state index is 4.71. The first-order valence-electron chi connectivity index (χ1n) is 6.62. The molecule has 1 fully saturated rings. The zero-order valence-corrected chi connectivity index (χ0v) is 12.6. The third-order valence-electron chi connectivity index (χ3n) is 3.73. The second kappa shape index (κ2) is 5.99. The van der Waals surface area contributed by atoms with E-state index in [2.05, 4.69) is 41.5 Å². The van der Waals surface area contributed by atoms with E-state index >= 15 is 0 Å². The molecule has 0 spiro atoms. The lowest BCUT2D eigenvalue weighted by atomic mass is 10.1. The van der Waals surface area contributed by atoms with Crippen LogP contribution in [0.4, 0.5) is 5.13 Å². The third kappa shape index (κ3) is 3.22. The van der Waals surface area contributed by atoms with Crippen molar-refractivity contribution in [1.29, 1.82) is 0 Å². The standard InChI is InChI=1S/C13H24N4S/c1-10(14-2)12-9-18-13(15-12)17(4)8-11-5-6-16(3)7-11/h9-11,14H,5-8H2,1-4H3. The van der Waals surface area contributed by atoms with Gasteiger partial charge in [-0.25, -0.2) is 4.98 Å². The fourth-order valence-corrected chi connectivity index (χ4v) is 3.33. The summed E-state index contributed by atoms with van der Waals surface area (Å²) in [5.41, 5.74) is 1.15.